The number of fused-ring (bicyclic) bond motifs is 3. The van der Waals surface area contributed by atoms with Crippen molar-refractivity contribution in [3.63, 3.8) is 0 Å². The van der Waals surface area contributed by atoms with Crippen LogP contribution >= 0.6 is 11.3 Å². The van der Waals surface area contributed by atoms with E-state index in [1.807, 2.05) is 18.2 Å². The van der Waals surface area contributed by atoms with Crippen LogP contribution in [0, 0.1) is 0 Å². The van der Waals surface area contributed by atoms with Gasteiger partial charge in [-0.15, -0.1) is 11.3 Å². The van der Waals surface area contributed by atoms with Crippen LogP contribution in [0.5, 0.6) is 11.5 Å². The number of rotatable bonds is 7. The molecule has 0 amide bonds. The monoisotopic (exact) mass is 479 g/mol. The van der Waals surface area contributed by atoms with Gasteiger partial charge in [0.05, 0.1) is 38.6 Å². The third-order valence-corrected chi connectivity index (χ3v) is 6.99. The molecule has 0 aliphatic carbocycles. The molecule has 4 aromatic rings. The lowest BCUT2D eigenvalue weighted by Crippen LogP contribution is -2.22. The molecule has 3 aromatic heterocycles. The second-order valence-electron chi connectivity index (χ2n) is 7.80. The molecule has 10 heteroatoms. The summed E-state index contributed by atoms with van der Waals surface area (Å²) in [7, 11) is 3.20. The molecule has 1 aliphatic rings. The number of benzene rings is 1. The van der Waals surface area contributed by atoms with Gasteiger partial charge in [0.1, 0.15) is 17.5 Å². The first-order chi connectivity index (χ1) is 16.6. The maximum absolute atomic E-state index is 13.4. The Labute approximate surface area is 200 Å². The highest BCUT2D eigenvalue weighted by Crippen LogP contribution is 2.43. The largest absolute Gasteiger partial charge is 0.493 e. The van der Waals surface area contributed by atoms with E-state index in [0.29, 0.717) is 29.3 Å². The van der Waals surface area contributed by atoms with Gasteiger partial charge in [0.25, 0.3) is 0 Å². The fraction of sp³-hybridized carbons (Fsp3) is 0.333. The number of ether oxygens (including phenoxy) is 3. The molecule has 1 aromatic carbocycles. The van der Waals surface area contributed by atoms with Gasteiger partial charge in [-0.05, 0) is 43.1 Å². The highest BCUT2D eigenvalue weighted by Gasteiger charge is 2.29. The fourth-order valence-corrected chi connectivity index (χ4v) is 5.61. The summed E-state index contributed by atoms with van der Waals surface area (Å²) in [6.07, 6.45) is 3.94. The number of esters is 1. The molecular formula is C24H25N5O4S. The van der Waals surface area contributed by atoms with Crippen molar-refractivity contribution in [1.82, 2.24) is 25.1 Å². The highest BCUT2D eigenvalue weighted by molar-refractivity contribution is 7.19. The maximum Gasteiger partial charge on any atom is 0.340 e. The summed E-state index contributed by atoms with van der Waals surface area (Å²) in [5.41, 5.74) is 3.91. The summed E-state index contributed by atoms with van der Waals surface area (Å²) in [4.78, 5) is 24.6. The van der Waals surface area contributed by atoms with E-state index in [9.17, 15) is 4.79 Å². The minimum atomic E-state index is -0.411. The molecule has 0 atom stereocenters. The summed E-state index contributed by atoms with van der Waals surface area (Å²) < 4.78 is 18.2. The molecule has 0 saturated heterocycles. The van der Waals surface area contributed by atoms with Crippen molar-refractivity contribution in [2.24, 2.45) is 0 Å². The van der Waals surface area contributed by atoms with Gasteiger partial charge < -0.3 is 19.5 Å². The first-order valence-corrected chi connectivity index (χ1v) is 11.9. The van der Waals surface area contributed by atoms with Crippen molar-refractivity contribution in [2.75, 3.05) is 27.4 Å². The van der Waals surface area contributed by atoms with Gasteiger partial charge in [-0.1, -0.05) is 6.07 Å². The molecule has 0 spiro atoms. The van der Waals surface area contributed by atoms with Crippen molar-refractivity contribution < 1.29 is 19.0 Å². The summed E-state index contributed by atoms with van der Waals surface area (Å²) >= 11 is 1.66. The molecular weight excluding hydrogens is 454 g/mol. The number of carbonyl (C=O) groups is 1. The number of carbonyl (C=O) groups excluding carboxylic acids is 1. The van der Waals surface area contributed by atoms with Gasteiger partial charge in [-0.2, -0.15) is 5.10 Å². The Kier molecular flexibility index (Phi) is 6.16. The topological polar surface area (TPSA) is 100 Å². The number of aromatic nitrogens is 4. The van der Waals surface area contributed by atoms with Crippen molar-refractivity contribution in [1.29, 1.82) is 0 Å². The van der Waals surface area contributed by atoms with Gasteiger partial charge >= 0.3 is 5.97 Å². The van der Waals surface area contributed by atoms with Crippen LogP contribution in [0.3, 0.4) is 0 Å². The molecule has 0 unspecified atom stereocenters. The Morgan fingerprint density at radius 3 is 2.82 bits per heavy atom. The lowest BCUT2D eigenvalue weighted by molar-refractivity contribution is 0.0525. The lowest BCUT2D eigenvalue weighted by Gasteiger charge is -2.18. The Balaban J connectivity index is 1.85. The second kappa shape index (κ2) is 9.40. The fourth-order valence-electron chi connectivity index (χ4n) is 4.39. The zero-order valence-electron chi connectivity index (χ0n) is 19.3. The van der Waals surface area contributed by atoms with Gasteiger partial charge in [-0.25, -0.2) is 19.4 Å². The summed E-state index contributed by atoms with van der Waals surface area (Å²) in [6, 6.07) is 5.71. The van der Waals surface area contributed by atoms with Crippen molar-refractivity contribution in [3.05, 3.63) is 52.6 Å². The van der Waals surface area contributed by atoms with E-state index in [-0.39, 0.29) is 6.61 Å². The van der Waals surface area contributed by atoms with E-state index in [1.54, 1.807) is 43.5 Å². The van der Waals surface area contributed by atoms with Crippen molar-refractivity contribution >= 4 is 27.5 Å². The van der Waals surface area contributed by atoms with Gasteiger partial charge in [0, 0.05) is 22.4 Å². The molecule has 1 N–H and O–H groups in total. The smallest absolute Gasteiger partial charge is 0.340 e. The number of thiophene rings is 1. The number of hydrogen-bond acceptors (Lipinski definition) is 9. The zero-order chi connectivity index (χ0) is 23.7. The average molecular weight is 480 g/mol. The van der Waals surface area contributed by atoms with Crippen LogP contribution in [0.1, 0.15) is 33.4 Å². The molecule has 4 heterocycles. The molecule has 9 nitrogen and oxygen atoms in total. The van der Waals surface area contributed by atoms with Gasteiger partial charge in [-0.3, -0.25) is 0 Å². The van der Waals surface area contributed by atoms with Crippen LogP contribution in [0.4, 0.5) is 0 Å². The summed E-state index contributed by atoms with van der Waals surface area (Å²) in [5, 5.41) is 8.66. The molecule has 0 fully saturated rings. The average Bonchev–Trinajstić information content (AvgIpc) is 3.50. The van der Waals surface area contributed by atoms with Crippen LogP contribution < -0.4 is 14.8 Å². The third kappa shape index (κ3) is 3.88. The lowest BCUT2D eigenvalue weighted by atomic mass is 9.91. The third-order valence-electron chi connectivity index (χ3n) is 5.86. The molecule has 176 valence electrons. The van der Waals surface area contributed by atoms with E-state index < -0.39 is 5.97 Å². The molecule has 0 saturated carbocycles. The standard InChI is InChI=1S/C24H25N5O4S/c1-4-33-24(30)22-16(11-29-13-26-12-27-29)28-23-21(15-7-8-25-10-19(15)34-23)20(22)14-5-6-17(31-2)18(9-14)32-3/h5-6,9,12-13,25H,4,7-8,10-11H2,1-3H3. The van der Waals surface area contributed by atoms with E-state index in [2.05, 4.69) is 15.4 Å². The van der Waals surface area contributed by atoms with Crippen LogP contribution in [0.2, 0.25) is 0 Å². The molecule has 34 heavy (non-hydrogen) atoms. The predicted octanol–water partition coefficient (Wildman–Crippen LogP) is 3.44. The minimum Gasteiger partial charge on any atom is -0.493 e. The Morgan fingerprint density at radius 1 is 1.24 bits per heavy atom. The first-order valence-electron chi connectivity index (χ1n) is 11.0. The maximum atomic E-state index is 13.4. The minimum absolute atomic E-state index is 0.261. The molecule has 1 aliphatic heterocycles. The van der Waals surface area contributed by atoms with Crippen LogP contribution in [-0.4, -0.2) is 53.1 Å². The Hall–Kier alpha value is -3.50. The number of hydrogen-bond donors (Lipinski definition) is 1. The number of methoxy groups -OCH3 is 2. The van der Waals surface area contributed by atoms with Crippen molar-refractivity contribution in [2.45, 2.75) is 26.4 Å². The van der Waals surface area contributed by atoms with E-state index in [1.165, 1.54) is 16.8 Å². The SMILES string of the molecule is CCOC(=O)c1c(Cn2cncn2)nc2sc3c(c2c1-c1ccc(OC)c(OC)c1)CCNC3. The zero-order valence-corrected chi connectivity index (χ0v) is 20.1. The normalized spacial score (nSPS) is 13.0. The Bertz CT molecular complexity index is 1350. The summed E-state index contributed by atoms with van der Waals surface area (Å²) in [6.45, 7) is 4.02. The van der Waals surface area contributed by atoms with E-state index in [0.717, 1.165) is 40.9 Å². The predicted molar refractivity (Wildman–Crippen MR) is 129 cm³/mol. The van der Waals surface area contributed by atoms with Crippen LogP contribution in [0.25, 0.3) is 21.3 Å². The van der Waals surface area contributed by atoms with Crippen molar-refractivity contribution in [3.8, 4) is 22.6 Å². The molecule has 5 rings (SSSR count). The number of nitrogens with one attached hydrogen (secondary N) is 1. The molecule has 0 bridgehead atoms. The molecule has 0 radical (unpaired) electrons. The second-order valence-corrected chi connectivity index (χ2v) is 8.89. The quantitative estimate of drug-likeness (QED) is 0.403. The first kappa shape index (κ1) is 22.3. The van der Waals surface area contributed by atoms with Gasteiger partial charge in [0.15, 0.2) is 11.5 Å². The van der Waals surface area contributed by atoms with Crippen LogP contribution in [0.15, 0.2) is 30.9 Å². The number of pyridine rings is 1. The Morgan fingerprint density at radius 2 is 2.09 bits per heavy atom. The summed E-state index contributed by atoms with van der Waals surface area (Å²) in [5.74, 6) is 0.794. The van der Waals surface area contributed by atoms with Crippen LogP contribution in [-0.2, 0) is 24.2 Å². The van der Waals surface area contributed by atoms with Gasteiger partial charge in [0.2, 0.25) is 0 Å². The highest BCUT2D eigenvalue weighted by atomic mass is 32.1. The van der Waals surface area contributed by atoms with E-state index in [4.69, 9.17) is 19.2 Å². The van der Waals surface area contributed by atoms with E-state index >= 15 is 0 Å². The number of nitrogens with zero attached hydrogens (tertiary/aromatic N) is 4.